The number of hydrogen-bond acceptors (Lipinski definition) is 5. The normalized spacial score (nSPS) is 13.5. The summed E-state index contributed by atoms with van der Waals surface area (Å²) >= 11 is 0. The van der Waals surface area contributed by atoms with Crippen molar-refractivity contribution in [1.29, 1.82) is 0 Å². The van der Waals surface area contributed by atoms with E-state index in [9.17, 15) is 8.42 Å². The standard InChI is InChI=1S/C14H24N4O3S/c1-11(7-8-22(4,19)20)18-14(15-2)17-10-12-5-6-13(21-3)16-9-12/h5-6,9,11H,7-8,10H2,1-4H3,(H2,15,17,18). The van der Waals surface area contributed by atoms with Crippen molar-refractivity contribution in [3.8, 4) is 5.88 Å². The number of sulfone groups is 1. The third-order valence-electron chi connectivity index (χ3n) is 3.00. The summed E-state index contributed by atoms with van der Waals surface area (Å²) in [7, 11) is 0.301. The van der Waals surface area contributed by atoms with E-state index in [2.05, 4.69) is 20.6 Å². The van der Waals surface area contributed by atoms with Crippen LogP contribution in [0.5, 0.6) is 5.88 Å². The number of pyridine rings is 1. The van der Waals surface area contributed by atoms with Crippen LogP contribution in [0, 0.1) is 0 Å². The quantitative estimate of drug-likeness (QED) is 0.562. The number of hydrogen-bond donors (Lipinski definition) is 2. The highest BCUT2D eigenvalue weighted by Crippen LogP contribution is 2.06. The third kappa shape index (κ3) is 7.26. The molecular formula is C14H24N4O3S. The van der Waals surface area contributed by atoms with Crippen molar-refractivity contribution in [3.63, 3.8) is 0 Å². The van der Waals surface area contributed by atoms with Gasteiger partial charge < -0.3 is 15.4 Å². The number of guanidine groups is 1. The number of nitrogens with zero attached hydrogens (tertiary/aromatic N) is 2. The van der Waals surface area contributed by atoms with E-state index in [1.54, 1.807) is 26.4 Å². The predicted octanol–water partition coefficient (Wildman–Crippen LogP) is 0.578. The molecule has 1 unspecified atom stereocenters. The average molecular weight is 328 g/mol. The van der Waals surface area contributed by atoms with Crippen molar-refractivity contribution in [1.82, 2.24) is 15.6 Å². The largest absolute Gasteiger partial charge is 0.481 e. The molecule has 0 spiro atoms. The molecule has 1 rings (SSSR count). The van der Waals surface area contributed by atoms with Crippen LogP contribution in [-0.4, -0.2) is 51.6 Å². The molecule has 2 N–H and O–H groups in total. The van der Waals surface area contributed by atoms with Crippen molar-refractivity contribution in [3.05, 3.63) is 23.9 Å². The van der Waals surface area contributed by atoms with Gasteiger partial charge in [0.15, 0.2) is 5.96 Å². The van der Waals surface area contributed by atoms with E-state index in [1.165, 1.54) is 6.26 Å². The van der Waals surface area contributed by atoms with Gasteiger partial charge in [0.05, 0.1) is 12.9 Å². The first-order valence-corrected chi connectivity index (χ1v) is 9.04. The summed E-state index contributed by atoms with van der Waals surface area (Å²) in [6.45, 7) is 2.49. The smallest absolute Gasteiger partial charge is 0.212 e. The van der Waals surface area contributed by atoms with Gasteiger partial charge in [-0.05, 0) is 18.9 Å². The highest BCUT2D eigenvalue weighted by atomic mass is 32.2. The van der Waals surface area contributed by atoms with Gasteiger partial charge in [-0.15, -0.1) is 0 Å². The maximum absolute atomic E-state index is 11.2. The fourth-order valence-electron chi connectivity index (χ4n) is 1.71. The maximum Gasteiger partial charge on any atom is 0.212 e. The summed E-state index contributed by atoms with van der Waals surface area (Å²) in [6.07, 6.45) is 3.50. The number of aromatic nitrogens is 1. The number of aliphatic imine (C=N–C) groups is 1. The van der Waals surface area contributed by atoms with Gasteiger partial charge in [-0.25, -0.2) is 13.4 Å². The van der Waals surface area contributed by atoms with Gasteiger partial charge in [-0.3, -0.25) is 4.99 Å². The molecule has 0 bridgehead atoms. The van der Waals surface area contributed by atoms with Crippen LogP contribution in [0.25, 0.3) is 0 Å². The molecule has 0 aliphatic carbocycles. The van der Waals surface area contributed by atoms with E-state index < -0.39 is 9.84 Å². The van der Waals surface area contributed by atoms with Gasteiger partial charge >= 0.3 is 0 Å². The van der Waals surface area contributed by atoms with E-state index in [0.717, 1.165) is 5.56 Å². The second-order valence-corrected chi connectivity index (χ2v) is 7.36. The number of nitrogens with one attached hydrogen (secondary N) is 2. The summed E-state index contributed by atoms with van der Waals surface area (Å²) in [4.78, 5) is 8.25. The van der Waals surface area contributed by atoms with Crippen LogP contribution in [0.15, 0.2) is 23.3 Å². The zero-order valence-electron chi connectivity index (χ0n) is 13.5. The Morgan fingerprint density at radius 2 is 2.18 bits per heavy atom. The summed E-state index contributed by atoms with van der Waals surface area (Å²) in [5, 5.41) is 6.32. The molecule has 124 valence electrons. The molecule has 1 aromatic heterocycles. The van der Waals surface area contributed by atoms with E-state index in [-0.39, 0.29) is 11.8 Å². The Hall–Kier alpha value is -1.83. The molecule has 0 amide bonds. The molecule has 0 aliphatic heterocycles. The van der Waals surface area contributed by atoms with Gasteiger partial charge in [0, 0.05) is 38.2 Å². The Labute approximate surface area is 132 Å². The predicted molar refractivity (Wildman–Crippen MR) is 87.9 cm³/mol. The van der Waals surface area contributed by atoms with Gasteiger partial charge in [0.2, 0.25) is 5.88 Å². The van der Waals surface area contributed by atoms with Crippen molar-refractivity contribution < 1.29 is 13.2 Å². The van der Waals surface area contributed by atoms with Crippen molar-refractivity contribution in [2.24, 2.45) is 4.99 Å². The summed E-state index contributed by atoms with van der Waals surface area (Å²) < 4.78 is 27.3. The van der Waals surface area contributed by atoms with E-state index >= 15 is 0 Å². The minimum atomic E-state index is -2.94. The van der Waals surface area contributed by atoms with E-state index in [0.29, 0.717) is 24.8 Å². The van der Waals surface area contributed by atoms with Crippen LogP contribution in [0.4, 0.5) is 0 Å². The van der Waals surface area contributed by atoms with Gasteiger partial charge in [-0.1, -0.05) is 6.07 Å². The second kappa shape index (κ2) is 8.57. The molecule has 0 radical (unpaired) electrons. The van der Waals surface area contributed by atoms with Crippen LogP contribution in [0.3, 0.4) is 0 Å². The Morgan fingerprint density at radius 3 is 2.68 bits per heavy atom. The van der Waals surface area contributed by atoms with Crippen LogP contribution >= 0.6 is 0 Å². The SMILES string of the molecule is CN=C(NCc1ccc(OC)nc1)NC(C)CCS(C)(=O)=O. The van der Waals surface area contributed by atoms with Crippen LogP contribution in [-0.2, 0) is 16.4 Å². The molecule has 1 heterocycles. The highest BCUT2D eigenvalue weighted by Gasteiger charge is 2.09. The minimum Gasteiger partial charge on any atom is -0.481 e. The highest BCUT2D eigenvalue weighted by molar-refractivity contribution is 7.90. The minimum absolute atomic E-state index is 0.00918. The second-order valence-electron chi connectivity index (χ2n) is 5.10. The van der Waals surface area contributed by atoms with Crippen LogP contribution in [0.1, 0.15) is 18.9 Å². The lowest BCUT2D eigenvalue weighted by Crippen LogP contribution is -2.42. The lowest BCUT2D eigenvalue weighted by atomic mass is 10.2. The third-order valence-corrected chi connectivity index (χ3v) is 3.97. The van der Waals surface area contributed by atoms with Gasteiger partial charge in [-0.2, -0.15) is 0 Å². The molecule has 0 saturated heterocycles. The lowest BCUT2D eigenvalue weighted by molar-refractivity contribution is 0.397. The van der Waals surface area contributed by atoms with Crippen LogP contribution in [0.2, 0.25) is 0 Å². The Morgan fingerprint density at radius 1 is 1.45 bits per heavy atom. The molecule has 1 atom stereocenters. The molecule has 0 fully saturated rings. The fraction of sp³-hybridized carbons (Fsp3) is 0.571. The first-order valence-electron chi connectivity index (χ1n) is 6.98. The average Bonchev–Trinajstić information content (AvgIpc) is 2.49. The van der Waals surface area contributed by atoms with Crippen molar-refractivity contribution in [2.75, 3.05) is 26.2 Å². The van der Waals surface area contributed by atoms with Gasteiger partial charge in [0.25, 0.3) is 0 Å². The number of rotatable bonds is 7. The number of ether oxygens (including phenoxy) is 1. The lowest BCUT2D eigenvalue weighted by Gasteiger charge is -2.17. The first kappa shape index (κ1) is 18.2. The molecule has 0 aromatic carbocycles. The van der Waals surface area contributed by atoms with E-state index in [4.69, 9.17) is 4.74 Å². The molecule has 1 aromatic rings. The molecule has 8 heteroatoms. The van der Waals surface area contributed by atoms with Crippen molar-refractivity contribution >= 4 is 15.8 Å². The Balaban J connectivity index is 2.44. The molecule has 0 aliphatic rings. The molecule has 7 nitrogen and oxygen atoms in total. The van der Waals surface area contributed by atoms with E-state index in [1.807, 2.05) is 13.0 Å². The zero-order valence-corrected chi connectivity index (χ0v) is 14.3. The van der Waals surface area contributed by atoms with Crippen molar-refractivity contribution in [2.45, 2.75) is 25.9 Å². The summed E-state index contributed by atoms with van der Waals surface area (Å²) in [6, 6.07) is 3.72. The zero-order chi connectivity index (χ0) is 16.6. The van der Waals surface area contributed by atoms with Gasteiger partial charge in [0.1, 0.15) is 9.84 Å². The Bertz CT molecular complexity index is 585. The molecule has 22 heavy (non-hydrogen) atoms. The monoisotopic (exact) mass is 328 g/mol. The van der Waals surface area contributed by atoms with Crippen LogP contribution < -0.4 is 15.4 Å². The molecular weight excluding hydrogens is 304 g/mol. The summed E-state index contributed by atoms with van der Waals surface area (Å²) in [5.41, 5.74) is 0.993. The first-order chi connectivity index (χ1) is 10.3. The fourth-order valence-corrected chi connectivity index (χ4v) is 2.49. The maximum atomic E-state index is 11.2. The summed E-state index contributed by atoms with van der Waals surface area (Å²) in [5.74, 6) is 1.35. The topological polar surface area (TPSA) is 92.7 Å². The number of methoxy groups -OCH3 is 1. The Kier molecular flexibility index (Phi) is 7.10. The molecule has 0 saturated carbocycles.